The van der Waals surface area contributed by atoms with E-state index in [0.717, 1.165) is 30.3 Å². The molecule has 1 aliphatic heterocycles. The molecule has 17 heavy (non-hydrogen) atoms. The number of carbonyl (C=O) groups excluding carboxylic acids is 1. The molecule has 0 unspecified atom stereocenters. The molecule has 1 fully saturated rings. The monoisotopic (exact) mass is 257 g/mol. The van der Waals surface area contributed by atoms with E-state index in [1.807, 2.05) is 6.92 Å². The smallest absolute Gasteiger partial charge is 0.221 e. The van der Waals surface area contributed by atoms with E-state index in [-0.39, 0.29) is 11.4 Å². The summed E-state index contributed by atoms with van der Waals surface area (Å²) < 4.78 is 0. The Morgan fingerprint density at radius 2 is 2.35 bits per heavy atom. The van der Waals surface area contributed by atoms with E-state index < -0.39 is 0 Å². The fraction of sp³-hybridized carbons (Fsp3) is 0.833. The van der Waals surface area contributed by atoms with Crippen molar-refractivity contribution in [2.45, 2.75) is 45.6 Å². The lowest BCUT2D eigenvalue weighted by molar-refractivity contribution is -0.120. The van der Waals surface area contributed by atoms with E-state index in [2.05, 4.69) is 29.5 Å². The third kappa shape index (κ3) is 5.96. The van der Waals surface area contributed by atoms with Crippen molar-refractivity contribution >= 4 is 22.8 Å². The minimum atomic E-state index is 0.0938. The Hall–Kier alpha value is -0.710. The van der Waals surface area contributed by atoms with Gasteiger partial charge >= 0.3 is 0 Å². The van der Waals surface area contributed by atoms with Crippen LogP contribution in [0.1, 0.15) is 40.0 Å². The summed E-state index contributed by atoms with van der Waals surface area (Å²) in [7, 11) is 0. The van der Waals surface area contributed by atoms with Crippen LogP contribution in [0, 0.1) is 0 Å². The van der Waals surface area contributed by atoms with Crippen molar-refractivity contribution in [3.8, 4) is 0 Å². The minimum absolute atomic E-state index is 0.0938. The van der Waals surface area contributed by atoms with Gasteiger partial charge < -0.3 is 10.6 Å². The summed E-state index contributed by atoms with van der Waals surface area (Å²) in [6.45, 7) is 7.73. The molecule has 1 aliphatic rings. The Balaban J connectivity index is 2.26. The molecular weight excluding hydrogens is 234 g/mol. The van der Waals surface area contributed by atoms with Crippen LogP contribution in [0.3, 0.4) is 0 Å². The number of amidine groups is 1. The number of hydrogen-bond acceptors (Lipinski definition) is 3. The van der Waals surface area contributed by atoms with Crippen LogP contribution in [0.4, 0.5) is 0 Å². The molecule has 2 N–H and O–H groups in total. The van der Waals surface area contributed by atoms with Crippen molar-refractivity contribution in [1.82, 2.24) is 10.6 Å². The number of carbonyl (C=O) groups is 1. The van der Waals surface area contributed by atoms with Crippen molar-refractivity contribution < 1.29 is 4.79 Å². The van der Waals surface area contributed by atoms with Crippen LogP contribution in [-0.2, 0) is 4.79 Å². The normalized spacial score (nSPS) is 21.0. The maximum Gasteiger partial charge on any atom is 0.221 e. The van der Waals surface area contributed by atoms with Crippen LogP contribution in [0.25, 0.3) is 0 Å². The third-order valence-electron chi connectivity index (χ3n) is 2.58. The number of nitrogens with one attached hydrogen (secondary N) is 2. The maximum absolute atomic E-state index is 11.4. The van der Waals surface area contributed by atoms with E-state index in [0.29, 0.717) is 13.0 Å². The topological polar surface area (TPSA) is 53.5 Å². The Morgan fingerprint density at radius 1 is 1.59 bits per heavy atom. The first-order valence-electron chi connectivity index (χ1n) is 6.25. The minimum Gasteiger partial charge on any atom is -0.360 e. The van der Waals surface area contributed by atoms with Crippen LogP contribution >= 0.6 is 11.8 Å². The molecule has 0 aromatic heterocycles. The Kier molecular flexibility index (Phi) is 5.82. The van der Waals surface area contributed by atoms with Crippen molar-refractivity contribution in [3.05, 3.63) is 0 Å². The number of thioether (sulfide) groups is 1. The molecule has 1 rings (SSSR count). The highest BCUT2D eigenvalue weighted by Crippen LogP contribution is 2.21. The van der Waals surface area contributed by atoms with Gasteiger partial charge in [0.2, 0.25) is 5.91 Å². The molecule has 0 atom stereocenters. The zero-order chi connectivity index (χ0) is 12.7. The highest BCUT2D eigenvalue weighted by molar-refractivity contribution is 8.13. The first kappa shape index (κ1) is 14.4. The summed E-state index contributed by atoms with van der Waals surface area (Å²) in [5, 5.41) is 7.22. The zero-order valence-corrected chi connectivity index (χ0v) is 11.8. The molecule has 98 valence electrons. The fourth-order valence-electron chi connectivity index (χ4n) is 1.49. The summed E-state index contributed by atoms with van der Waals surface area (Å²) >= 11 is 1.74. The van der Waals surface area contributed by atoms with E-state index in [1.165, 1.54) is 0 Å². The van der Waals surface area contributed by atoms with Gasteiger partial charge in [-0.15, -0.1) is 0 Å². The Morgan fingerprint density at radius 3 is 3.00 bits per heavy atom. The van der Waals surface area contributed by atoms with Crippen LogP contribution in [0.15, 0.2) is 4.99 Å². The first-order valence-corrected chi connectivity index (χ1v) is 7.24. The summed E-state index contributed by atoms with van der Waals surface area (Å²) in [5.74, 6) is 1.19. The first-order chi connectivity index (χ1) is 8.03. The molecule has 0 radical (unpaired) electrons. The molecular formula is C12H23N3OS. The van der Waals surface area contributed by atoms with Crippen molar-refractivity contribution in [3.63, 3.8) is 0 Å². The van der Waals surface area contributed by atoms with E-state index in [4.69, 9.17) is 0 Å². The fourth-order valence-corrected chi connectivity index (χ4v) is 2.82. The number of rotatable bonds is 5. The van der Waals surface area contributed by atoms with Crippen molar-refractivity contribution in [2.75, 3.05) is 18.8 Å². The van der Waals surface area contributed by atoms with Gasteiger partial charge in [0.15, 0.2) is 5.17 Å². The predicted molar refractivity (Wildman–Crippen MR) is 74.5 cm³/mol. The molecule has 5 heteroatoms. The lowest BCUT2D eigenvalue weighted by atomic mass is 10.0. The SMILES string of the molecule is CCCNC(=O)CCN=C1NC(C)(C)CCS1. The quantitative estimate of drug-likeness (QED) is 0.789. The average Bonchev–Trinajstić information content (AvgIpc) is 2.25. The summed E-state index contributed by atoms with van der Waals surface area (Å²) in [5.41, 5.74) is 0.133. The molecule has 1 saturated heterocycles. The van der Waals surface area contributed by atoms with Crippen LogP contribution in [-0.4, -0.2) is 35.5 Å². The largest absolute Gasteiger partial charge is 0.360 e. The van der Waals surface area contributed by atoms with Gasteiger partial charge in [0.25, 0.3) is 0 Å². The van der Waals surface area contributed by atoms with Gasteiger partial charge in [0.1, 0.15) is 0 Å². The standard InChI is InChI=1S/C12H23N3OS/c1-4-7-13-10(16)5-8-14-11-15-12(2,3)6-9-17-11/h4-9H2,1-3H3,(H,13,16)(H,14,15). The van der Waals surface area contributed by atoms with Gasteiger partial charge in [-0.05, 0) is 26.7 Å². The average molecular weight is 257 g/mol. The molecule has 0 bridgehead atoms. The lowest BCUT2D eigenvalue weighted by Gasteiger charge is -2.32. The predicted octanol–water partition coefficient (Wildman–Crippen LogP) is 1.76. The Bertz CT molecular complexity index is 289. The highest BCUT2D eigenvalue weighted by Gasteiger charge is 2.23. The summed E-state index contributed by atoms with van der Waals surface area (Å²) in [6, 6.07) is 0. The van der Waals surface area contributed by atoms with Gasteiger partial charge in [-0.2, -0.15) is 0 Å². The molecule has 0 aromatic carbocycles. The third-order valence-corrected chi connectivity index (χ3v) is 3.49. The van der Waals surface area contributed by atoms with Crippen LogP contribution in [0.5, 0.6) is 0 Å². The van der Waals surface area contributed by atoms with Gasteiger partial charge in [-0.25, -0.2) is 0 Å². The number of nitrogens with zero attached hydrogens (tertiary/aromatic N) is 1. The highest BCUT2D eigenvalue weighted by atomic mass is 32.2. The van der Waals surface area contributed by atoms with Gasteiger partial charge in [0.05, 0.1) is 6.54 Å². The van der Waals surface area contributed by atoms with Gasteiger partial charge in [0, 0.05) is 24.3 Å². The van der Waals surface area contributed by atoms with Gasteiger partial charge in [-0.1, -0.05) is 18.7 Å². The van der Waals surface area contributed by atoms with E-state index >= 15 is 0 Å². The van der Waals surface area contributed by atoms with Crippen molar-refractivity contribution in [1.29, 1.82) is 0 Å². The lowest BCUT2D eigenvalue weighted by Crippen LogP contribution is -2.46. The Labute approximate surface area is 108 Å². The van der Waals surface area contributed by atoms with Crippen molar-refractivity contribution in [2.24, 2.45) is 4.99 Å². The molecule has 0 aliphatic carbocycles. The second kappa shape index (κ2) is 6.89. The maximum atomic E-state index is 11.4. The number of amides is 1. The zero-order valence-electron chi connectivity index (χ0n) is 11.0. The summed E-state index contributed by atoms with van der Waals surface area (Å²) in [4.78, 5) is 15.8. The number of hydrogen-bond donors (Lipinski definition) is 2. The van der Waals surface area contributed by atoms with Gasteiger partial charge in [-0.3, -0.25) is 9.79 Å². The molecule has 0 spiro atoms. The molecule has 4 nitrogen and oxygen atoms in total. The number of aliphatic imine (C=N–C) groups is 1. The molecule has 0 saturated carbocycles. The molecule has 1 amide bonds. The second-order valence-electron chi connectivity index (χ2n) is 4.89. The molecule has 0 aromatic rings. The van der Waals surface area contributed by atoms with E-state index in [9.17, 15) is 4.79 Å². The molecule has 1 heterocycles. The second-order valence-corrected chi connectivity index (χ2v) is 5.98. The van der Waals surface area contributed by atoms with Crippen LogP contribution < -0.4 is 10.6 Å². The van der Waals surface area contributed by atoms with Crippen LogP contribution in [0.2, 0.25) is 0 Å². The summed E-state index contributed by atoms with van der Waals surface area (Å²) in [6.07, 6.45) is 2.60. The van der Waals surface area contributed by atoms with E-state index in [1.54, 1.807) is 11.8 Å².